The summed E-state index contributed by atoms with van der Waals surface area (Å²) in [6, 6.07) is 29.0. The van der Waals surface area contributed by atoms with E-state index in [9.17, 15) is 9.59 Å². The quantitative estimate of drug-likeness (QED) is 0.217. The lowest BCUT2D eigenvalue weighted by atomic mass is 9.79. The molecule has 0 saturated carbocycles. The number of aryl methyl sites for hydroxylation is 1. The summed E-state index contributed by atoms with van der Waals surface area (Å²) in [7, 11) is 0. The predicted molar refractivity (Wildman–Crippen MR) is 149 cm³/mol. The molecule has 0 aromatic heterocycles. The summed E-state index contributed by atoms with van der Waals surface area (Å²) in [6.45, 7) is 4.00. The van der Waals surface area contributed by atoms with Gasteiger partial charge >= 0.3 is 11.9 Å². The fourth-order valence-electron chi connectivity index (χ4n) is 4.44. The van der Waals surface area contributed by atoms with E-state index in [1.54, 1.807) is 13.8 Å². The van der Waals surface area contributed by atoms with Gasteiger partial charge in [-0.1, -0.05) is 90.7 Å². The molecular weight excluding hydrogens is 474 g/mol. The average molecular weight is 506 g/mol. The second-order valence-electron chi connectivity index (χ2n) is 8.95. The minimum Gasteiger partial charge on any atom is -0.465 e. The third kappa shape index (κ3) is 6.66. The predicted octanol–water partition coefficient (Wildman–Crippen LogP) is 5.90. The summed E-state index contributed by atoms with van der Waals surface area (Å²) in [5, 5.41) is 0. The van der Waals surface area contributed by atoms with Gasteiger partial charge in [0.1, 0.15) is 5.92 Å². The minimum absolute atomic E-state index is 0.218. The van der Waals surface area contributed by atoms with E-state index in [1.165, 1.54) is 5.56 Å². The highest BCUT2D eigenvalue weighted by Gasteiger charge is 2.42. The van der Waals surface area contributed by atoms with Crippen molar-refractivity contribution in [3.63, 3.8) is 0 Å². The maximum absolute atomic E-state index is 13.7. The van der Waals surface area contributed by atoms with Gasteiger partial charge in [-0.25, -0.2) is 4.79 Å². The lowest BCUT2D eigenvalue weighted by Gasteiger charge is -2.29. The molecule has 0 N–H and O–H groups in total. The van der Waals surface area contributed by atoms with Crippen molar-refractivity contribution in [3.8, 4) is 11.8 Å². The van der Waals surface area contributed by atoms with Crippen molar-refractivity contribution in [2.75, 3.05) is 13.2 Å². The van der Waals surface area contributed by atoms with E-state index in [1.807, 2.05) is 78.9 Å². The molecule has 2 atom stereocenters. The van der Waals surface area contributed by atoms with Gasteiger partial charge in [0.05, 0.1) is 30.4 Å². The largest absolute Gasteiger partial charge is 0.465 e. The normalized spacial score (nSPS) is 16.6. The molecule has 0 amide bonds. The van der Waals surface area contributed by atoms with E-state index in [2.05, 4.69) is 24.0 Å². The van der Waals surface area contributed by atoms with Crippen molar-refractivity contribution in [2.45, 2.75) is 26.7 Å². The average Bonchev–Trinajstić information content (AvgIpc) is 2.95. The zero-order valence-corrected chi connectivity index (χ0v) is 21.7. The van der Waals surface area contributed by atoms with Crippen LogP contribution >= 0.6 is 0 Å². The summed E-state index contributed by atoms with van der Waals surface area (Å²) >= 11 is 0. The maximum Gasteiger partial charge on any atom is 0.337 e. The minimum atomic E-state index is -0.814. The van der Waals surface area contributed by atoms with Crippen LogP contribution < -0.4 is 0 Å². The molecule has 1 heterocycles. The zero-order valence-electron chi connectivity index (χ0n) is 21.7. The monoisotopic (exact) mass is 505 g/mol. The Hall–Kier alpha value is -4.43. The Morgan fingerprint density at radius 2 is 1.50 bits per heavy atom. The number of nitrogens with zero attached hydrogens (tertiary/aromatic N) is 1. The van der Waals surface area contributed by atoms with Gasteiger partial charge in [-0.15, -0.1) is 0 Å². The van der Waals surface area contributed by atoms with Crippen LogP contribution in [0.3, 0.4) is 0 Å². The summed E-state index contributed by atoms with van der Waals surface area (Å²) in [5.41, 5.74) is 4.03. The SMILES string of the molecule is CCOC(=O)C1C(C)=NC(c2ccccc2)=C(C(=O)OCCCc2ccccc2)C1C#Cc1ccccc1. The molecule has 0 bridgehead atoms. The fourth-order valence-corrected chi connectivity index (χ4v) is 4.44. The molecular formula is C33H31NO4. The number of carbonyl (C=O) groups is 2. The molecule has 5 nitrogen and oxygen atoms in total. The molecule has 1 aliphatic rings. The van der Waals surface area contributed by atoms with E-state index in [0.717, 1.165) is 17.5 Å². The van der Waals surface area contributed by atoms with Gasteiger partial charge in [-0.2, -0.15) is 0 Å². The van der Waals surface area contributed by atoms with Gasteiger partial charge < -0.3 is 9.47 Å². The van der Waals surface area contributed by atoms with Gasteiger partial charge in [0.15, 0.2) is 0 Å². The number of rotatable bonds is 8. The van der Waals surface area contributed by atoms with E-state index < -0.39 is 23.8 Å². The van der Waals surface area contributed by atoms with Crippen LogP contribution in [-0.2, 0) is 25.5 Å². The standard InChI is InChI=1S/C33H31NO4/c1-3-37-32(35)29-24(2)34-31(27-19-11-6-12-20-27)30(28(29)22-21-26-16-9-5-10-17-26)33(36)38-23-13-18-25-14-7-4-8-15-25/h4-12,14-17,19-20,28-29H,3,13,18,23H2,1-2H3. The molecule has 4 rings (SSSR count). The molecule has 0 spiro atoms. The Morgan fingerprint density at radius 1 is 0.868 bits per heavy atom. The van der Waals surface area contributed by atoms with Crippen molar-refractivity contribution in [1.82, 2.24) is 0 Å². The van der Waals surface area contributed by atoms with Crippen LogP contribution in [0, 0.1) is 23.7 Å². The first-order valence-electron chi connectivity index (χ1n) is 12.9. The molecule has 0 aliphatic carbocycles. The molecule has 192 valence electrons. The van der Waals surface area contributed by atoms with E-state index in [0.29, 0.717) is 17.8 Å². The highest BCUT2D eigenvalue weighted by molar-refractivity contribution is 6.11. The molecule has 0 fully saturated rings. The molecule has 2 unspecified atom stereocenters. The highest BCUT2D eigenvalue weighted by Crippen LogP contribution is 2.37. The van der Waals surface area contributed by atoms with Crippen LogP contribution in [0.4, 0.5) is 0 Å². The second kappa shape index (κ2) is 13.2. The van der Waals surface area contributed by atoms with Gasteiger partial charge in [0.2, 0.25) is 0 Å². The Balaban J connectivity index is 1.71. The van der Waals surface area contributed by atoms with E-state index in [-0.39, 0.29) is 18.8 Å². The van der Waals surface area contributed by atoms with Gasteiger partial charge in [0.25, 0.3) is 0 Å². The Kier molecular flexibility index (Phi) is 9.26. The summed E-state index contributed by atoms with van der Waals surface area (Å²) in [5.74, 6) is 3.80. The summed E-state index contributed by atoms with van der Waals surface area (Å²) in [6.07, 6.45) is 1.46. The number of ether oxygens (including phenoxy) is 2. The van der Waals surface area contributed by atoms with Crippen molar-refractivity contribution in [1.29, 1.82) is 0 Å². The van der Waals surface area contributed by atoms with Crippen LogP contribution in [-0.4, -0.2) is 30.9 Å². The van der Waals surface area contributed by atoms with Crippen LogP contribution in [0.2, 0.25) is 0 Å². The van der Waals surface area contributed by atoms with Crippen LogP contribution in [0.1, 0.15) is 37.0 Å². The third-order valence-corrected chi connectivity index (χ3v) is 6.28. The van der Waals surface area contributed by atoms with Crippen molar-refractivity contribution in [3.05, 3.63) is 113 Å². The fraction of sp³-hybridized carbons (Fsp3) is 0.242. The molecule has 1 aliphatic heterocycles. The van der Waals surface area contributed by atoms with Crippen LogP contribution in [0.25, 0.3) is 5.70 Å². The topological polar surface area (TPSA) is 65.0 Å². The van der Waals surface area contributed by atoms with Crippen LogP contribution in [0.5, 0.6) is 0 Å². The molecule has 38 heavy (non-hydrogen) atoms. The third-order valence-electron chi connectivity index (χ3n) is 6.28. The first-order chi connectivity index (χ1) is 18.6. The lowest BCUT2D eigenvalue weighted by Crippen LogP contribution is -2.37. The molecule has 3 aromatic rings. The summed E-state index contributed by atoms with van der Waals surface area (Å²) < 4.78 is 11.2. The Morgan fingerprint density at radius 3 is 2.16 bits per heavy atom. The molecule has 5 heteroatoms. The summed E-state index contributed by atoms with van der Waals surface area (Å²) in [4.78, 5) is 31.5. The Bertz CT molecular complexity index is 1370. The van der Waals surface area contributed by atoms with Crippen molar-refractivity contribution >= 4 is 23.3 Å². The smallest absolute Gasteiger partial charge is 0.337 e. The number of hydrogen-bond acceptors (Lipinski definition) is 5. The zero-order chi connectivity index (χ0) is 26.7. The van der Waals surface area contributed by atoms with E-state index >= 15 is 0 Å². The van der Waals surface area contributed by atoms with Gasteiger partial charge in [0, 0.05) is 16.8 Å². The highest BCUT2D eigenvalue weighted by atomic mass is 16.5. The molecule has 0 saturated heterocycles. The number of benzene rings is 3. The first kappa shape index (κ1) is 26.6. The Labute approximate surface area is 224 Å². The number of aliphatic imine (C=N–C) groups is 1. The van der Waals surface area contributed by atoms with Gasteiger partial charge in [-0.3, -0.25) is 9.79 Å². The molecule has 0 radical (unpaired) electrons. The first-order valence-corrected chi connectivity index (χ1v) is 12.9. The number of hydrogen-bond donors (Lipinski definition) is 0. The van der Waals surface area contributed by atoms with Gasteiger partial charge in [-0.05, 0) is 44.4 Å². The second-order valence-corrected chi connectivity index (χ2v) is 8.95. The maximum atomic E-state index is 13.7. The van der Waals surface area contributed by atoms with E-state index in [4.69, 9.17) is 14.5 Å². The number of carbonyl (C=O) groups excluding carboxylic acids is 2. The van der Waals surface area contributed by atoms with Crippen LogP contribution in [0.15, 0.2) is 102 Å². The molecule has 3 aromatic carbocycles. The van der Waals surface area contributed by atoms with Crippen molar-refractivity contribution < 1.29 is 19.1 Å². The lowest BCUT2D eigenvalue weighted by molar-refractivity contribution is -0.146. The van der Waals surface area contributed by atoms with Crippen molar-refractivity contribution in [2.24, 2.45) is 16.8 Å². The number of esters is 2.